The van der Waals surface area contributed by atoms with Gasteiger partial charge in [0.05, 0.1) is 0 Å². The van der Waals surface area contributed by atoms with Crippen LogP contribution in [0.15, 0.2) is 29.2 Å². The van der Waals surface area contributed by atoms with Gasteiger partial charge < -0.3 is 10.2 Å². The van der Waals surface area contributed by atoms with E-state index in [-0.39, 0.29) is 5.91 Å². The lowest BCUT2D eigenvalue weighted by Gasteiger charge is -2.12. The van der Waals surface area contributed by atoms with Crippen LogP contribution in [0.5, 0.6) is 0 Å². The Morgan fingerprint density at radius 2 is 1.83 bits per heavy atom. The average molecular weight is 283 g/mol. The minimum Gasteiger partial charge on any atom is -0.378 e. The van der Waals surface area contributed by atoms with E-state index in [0.29, 0.717) is 0 Å². The molecule has 2 N–H and O–H groups in total. The standard InChI is InChI=1S/C11H13N3O2S2/c1-14(2)7-3-5-8(6-4-7)17-18-10-9(15)12-11(16)13-10/h3-6,10H,1-2H3,(H2,12,13,15,16). The van der Waals surface area contributed by atoms with Crippen LogP contribution in [-0.4, -0.2) is 31.4 Å². The highest BCUT2D eigenvalue weighted by Crippen LogP contribution is 2.35. The van der Waals surface area contributed by atoms with Gasteiger partial charge in [-0.15, -0.1) is 0 Å². The molecule has 0 spiro atoms. The Bertz CT molecular complexity index is 462. The molecule has 1 fully saturated rings. The van der Waals surface area contributed by atoms with Crippen LogP contribution in [0, 0.1) is 0 Å². The summed E-state index contributed by atoms with van der Waals surface area (Å²) in [7, 11) is 6.75. The first-order valence-corrected chi connectivity index (χ1v) is 7.49. The normalized spacial score (nSPS) is 18.4. The van der Waals surface area contributed by atoms with Gasteiger partial charge in [-0.25, -0.2) is 4.79 Å². The molecule has 1 aromatic carbocycles. The van der Waals surface area contributed by atoms with Crippen LogP contribution in [0.25, 0.3) is 0 Å². The third kappa shape index (κ3) is 3.11. The maximum atomic E-state index is 11.3. The van der Waals surface area contributed by atoms with Crippen molar-refractivity contribution in [3.8, 4) is 0 Å². The number of hydrogen-bond donors (Lipinski definition) is 2. The SMILES string of the molecule is CN(C)c1ccc(SSC2NC(=O)NC2=O)cc1. The van der Waals surface area contributed by atoms with Gasteiger partial charge in [-0.3, -0.25) is 10.1 Å². The van der Waals surface area contributed by atoms with E-state index >= 15 is 0 Å². The summed E-state index contributed by atoms with van der Waals surface area (Å²) in [5, 5.41) is 4.22. The number of amides is 3. The quantitative estimate of drug-likeness (QED) is 0.650. The predicted octanol–water partition coefficient (Wildman–Crippen LogP) is 1.66. The summed E-state index contributed by atoms with van der Waals surface area (Å²) in [4.78, 5) is 25.3. The fourth-order valence-corrected chi connectivity index (χ4v) is 3.49. The predicted molar refractivity (Wildman–Crippen MR) is 74.7 cm³/mol. The van der Waals surface area contributed by atoms with Crippen molar-refractivity contribution in [2.24, 2.45) is 0 Å². The lowest BCUT2D eigenvalue weighted by atomic mass is 10.3. The summed E-state index contributed by atoms with van der Waals surface area (Å²) >= 11 is 0. The summed E-state index contributed by atoms with van der Waals surface area (Å²) in [6, 6.07) is 7.57. The van der Waals surface area contributed by atoms with Crippen LogP contribution in [0.4, 0.5) is 10.5 Å². The molecule has 5 nitrogen and oxygen atoms in total. The molecule has 0 radical (unpaired) electrons. The number of nitrogens with zero attached hydrogens (tertiary/aromatic N) is 1. The summed E-state index contributed by atoms with van der Waals surface area (Å²) in [6.45, 7) is 0. The van der Waals surface area contributed by atoms with Crippen LogP contribution >= 0.6 is 21.6 Å². The number of imide groups is 1. The van der Waals surface area contributed by atoms with Crippen molar-refractivity contribution in [3.63, 3.8) is 0 Å². The number of hydrogen-bond acceptors (Lipinski definition) is 5. The van der Waals surface area contributed by atoms with E-state index in [1.807, 2.05) is 43.3 Å². The summed E-state index contributed by atoms with van der Waals surface area (Å²) in [5.74, 6) is -0.289. The van der Waals surface area contributed by atoms with E-state index in [2.05, 4.69) is 10.6 Å². The third-order valence-corrected chi connectivity index (χ3v) is 4.86. The van der Waals surface area contributed by atoms with Crippen LogP contribution in [-0.2, 0) is 4.79 Å². The molecule has 0 bridgehead atoms. The highest BCUT2D eigenvalue weighted by molar-refractivity contribution is 8.77. The molecule has 1 aromatic rings. The third-order valence-electron chi connectivity index (χ3n) is 2.33. The van der Waals surface area contributed by atoms with Crippen molar-refractivity contribution < 1.29 is 9.59 Å². The van der Waals surface area contributed by atoms with Crippen molar-refractivity contribution in [1.82, 2.24) is 10.6 Å². The molecule has 96 valence electrons. The van der Waals surface area contributed by atoms with Gasteiger partial charge in [0.2, 0.25) is 0 Å². The topological polar surface area (TPSA) is 61.4 Å². The summed E-state index contributed by atoms with van der Waals surface area (Å²) in [5.41, 5.74) is 1.12. The van der Waals surface area contributed by atoms with Gasteiger partial charge in [0.1, 0.15) is 0 Å². The van der Waals surface area contributed by atoms with E-state index in [9.17, 15) is 9.59 Å². The van der Waals surface area contributed by atoms with Gasteiger partial charge in [0.15, 0.2) is 5.37 Å². The first kappa shape index (κ1) is 13.1. The molecule has 0 aliphatic carbocycles. The number of urea groups is 1. The zero-order chi connectivity index (χ0) is 13.1. The molecule has 1 aliphatic heterocycles. The fraction of sp³-hybridized carbons (Fsp3) is 0.273. The van der Waals surface area contributed by atoms with E-state index in [1.165, 1.54) is 21.6 Å². The average Bonchev–Trinajstić information content (AvgIpc) is 2.66. The Morgan fingerprint density at radius 3 is 2.33 bits per heavy atom. The second kappa shape index (κ2) is 5.53. The molecule has 18 heavy (non-hydrogen) atoms. The van der Waals surface area contributed by atoms with Crippen molar-refractivity contribution in [2.45, 2.75) is 10.3 Å². The number of carbonyl (C=O) groups is 2. The highest BCUT2D eigenvalue weighted by atomic mass is 33.1. The first-order valence-electron chi connectivity index (χ1n) is 5.28. The Labute approximate surface area is 113 Å². The molecule has 1 aliphatic rings. The van der Waals surface area contributed by atoms with E-state index < -0.39 is 11.4 Å². The molecule has 7 heteroatoms. The number of nitrogens with one attached hydrogen (secondary N) is 2. The molecule has 1 saturated heterocycles. The van der Waals surface area contributed by atoms with E-state index in [1.54, 1.807) is 0 Å². The van der Waals surface area contributed by atoms with Crippen LogP contribution in [0.3, 0.4) is 0 Å². The first-order chi connectivity index (χ1) is 8.56. The Balaban J connectivity index is 1.90. The van der Waals surface area contributed by atoms with E-state index in [4.69, 9.17) is 0 Å². The number of benzene rings is 1. The second-order valence-corrected chi connectivity index (χ2v) is 6.29. The minimum absolute atomic E-state index is 0.289. The van der Waals surface area contributed by atoms with Crippen molar-refractivity contribution in [3.05, 3.63) is 24.3 Å². The molecule has 0 aromatic heterocycles. The molecular formula is C11H13N3O2S2. The smallest absolute Gasteiger partial charge is 0.322 e. The zero-order valence-electron chi connectivity index (χ0n) is 9.97. The van der Waals surface area contributed by atoms with Gasteiger partial charge in [0.25, 0.3) is 5.91 Å². The Morgan fingerprint density at radius 1 is 1.17 bits per heavy atom. The monoisotopic (exact) mass is 283 g/mol. The van der Waals surface area contributed by atoms with Crippen LogP contribution in [0.1, 0.15) is 0 Å². The highest BCUT2D eigenvalue weighted by Gasteiger charge is 2.30. The maximum absolute atomic E-state index is 11.3. The molecule has 1 heterocycles. The minimum atomic E-state index is -0.518. The number of rotatable bonds is 4. The number of anilines is 1. The van der Waals surface area contributed by atoms with E-state index in [0.717, 1.165) is 10.6 Å². The summed E-state index contributed by atoms with van der Waals surface area (Å²) < 4.78 is 0. The van der Waals surface area contributed by atoms with Gasteiger partial charge >= 0.3 is 6.03 Å². The maximum Gasteiger partial charge on any atom is 0.322 e. The van der Waals surface area contributed by atoms with Gasteiger partial charge in [-0.1, -0.05) is 21.6 Å². The van der Waals surface area contributed by atoms with Crippen LogP contribution < -0.4 is 15.5 Å². The Kier molecular flexibility index (Phi) is 4.03. The molecule has 1 unspecified atom stereocenters. The lowest BCUT2D eigenvalue weighted by Crippen LogP contribution is -2.23. The van der Waals surface area contributed by atoms with Crippen LogP contribution in [0.2, 0.25) is 0 Å². The van der Waals surface area contributed by atoms with Gasteiger partial charge in [-0.05, 0) is 24.3 Å². The van der Waals surface area contributed by atoms with Crippen molar-refractivity contribution in [1.29, 1.82) is 0 Å². The lowest BCUT2D eigenvalue weighted by molar-refractivity contribution is -0.118. The Hall–Kier alpha value is -1.34. The van der Waals surface area contributed by atoms with Gasteiger partial charge in [0, 0.05) is 24.7 Å². The van der Waals surface area contributed by atoms with Crippen molar-refractivity contribution >= 4 is 39.2 Å². The second-order valence-electron chi connectivity index (χ2n) is 3.91. The largest absolute Gasteiger partial charge is 0.378 e. The van der Waals surface area contributed by atoms with Crippen molar-refractivity contribution in [2.75, 3.05) is 19.0 Å². The molecule has 1 atom stereocenters. The van der Waals surface area contributed by atoms with Gasteiger partial charge in [-0.2, -0.15) is 0 Å². The summed E-state index contributed by atoms with van der Waals surface area (Å²) in [6.07, 6.45) is 0. The molecule has 3 amide bonds. The fourth-order valence-electron chi connectivity index (χ4n) is 1.37. The molecular weight excluding hydrogens is 270 g/mol. The molecule has 2 rings (SSSR count). The molecule has 0 saturated carbocycles. The number of carbonyl (C=O) groups excluding carboxylic acids is 2. The zero-order valence-corrected chi connectivity index (χ0v) is 11.6.